The molecule has 2 N–H and O–H groups in total. The van der Waals surface area contributed by atoms with E-state index in [1.807, 2.05) is 6.07 Å². The molecule has 0 bridgehead atoms. The van der Waals surface area contributed by atoms with E-state index in [0.717, 1.165) is 11.1 Å². The van der Waals surface area contributed by atoms with E-state index in [9.17, 15) is 9.90 Å². The standard InChI is InChI=1S/C11H9NO2/c13-10-3-1-2-8(6-10)9-4-5-11(14)12-7-9/h1-7,13H,(H,12,14). The molecule has 0 spiro atoms. The van der Waals surface area contributed by atoms with Gasteiger partial charge < -0.3 is 10.1 Å². The zero-order valence-electron chi connectivity index (χ0n) is 7.40. The summed E-state index contributed by atoms with van der Waals surface area (Å²) in [6, 6.07) is 10.1. The highest BCUT2D eigenvalue weighted by Gasteiger charge is 1.97. The Hall–Kier alpha value is -2.03. The number of benzene rings is 1. The number of rotatable bonds is 1. The Kier molecular flexibility index (Phi) is 2.07. The van der Waals surface area contributed by atoms with Crippen molar-refractivity contribution in [2.75, 3.05) is 0 Å². The molecule has 0 aliphatic carbocycles. The van der Waals surface area contributed by atoms with Crippen molar-refractivity contribution in [3.63, 3.8) is 0 Å². The van der Waals surface area contributed by atoms with Gasteiger partial charge in [0, 0.05) is 12.3 Å². The summed E-state index contributed by atoms with van der Waals surface area (Å²) in [5.74, 6) is 0.216. The van der Waals surface area contributed by atoms with Crippen molar-refractivity contribution >= 4 is 0 Å². The third-order valence-electron chi connectivity index (χ3n) is 1.96. The lowest BCUT2D eigenvalue weighted by Gasteiger charge is -2.00. The molecule has 0 unspecified atom stereocenters. The van der Waals surface area contributed by atoms with E-state index in [1.165, 1.54) is 6.07 Å². The largest absolute Gasteiger partial charge is 0.508 e. The fourth-order valence-electron chi connectivity index (χ4n) is 1.28. The average molecular weight is 187 g/mol. The monoisotopic (exact) mass is 187 g/mol. The van der Waals surface area contributed by atoms with Gasteiger partial charge >= 0.3 is 0 Å². The molecule has 2 aromatic rings. The summed E-state index contributed by atoms with van der Waals surface area (Å²) in [5, 5.41) is 9.26. The van der Waals surface area contributed by atoms with Crippen LogP contribution in [0.2, 0.25) is 0 Å². The van der Waals surface area contributed by atoms with Gasteiger partial charge in [-0.25, -0.2) is 0 Å². The van der Waals surface area contributed by atoms with E-state index < -0.39 is 0 Å². The van der Waals surface area contributed by atoms with Gasteiger partial charge in [-0.1, -0.05) is 12.1 Å². The maximum atomic E-state index is 10.8. The van der Waals surface area contributed by atoms with Gasteiger partial charge in [0.1, 0.15) is 5.75 Å². The number of aromatic nitrogens is 1. The quantitative estimate of drug-likeness (QED) is 0.714. The number of aromatic hydroxyl groups is 1. The van der Waals surface area contributed by atoms with Gasteiger partial charge in [-0.2, -0.15) is 0 Å². The number of phenolic OH excluding ortho intramolecular Hbond substituents is 1. The normalized spacial score (nSPS) is 10.0. The highest BCUT2D eigenvalue weighted by molar-refractivity contribution is 5.63. The minimum atomic E-state index is -0.131. The first-order chi connectivity index (χ1) is 6.75. The van der Waals surface area contributed by atoms with Crippen molar-refractivity contribution in [3.05, 3.63) is 52.9 Å². The van der Waals surface area contributed by atoms with E-state index in [-0.39, 0.29) is 11.3 Å². The van der Waals surface area contributed by atoms with Crippen LogP contribution in [-0.4, -0.2) is 10.1 Å². The molecule has 0 atom stereocenters. The molecule has 0 radical (unpaired) electrons. The number of pyridine rings is 1. The van der Waals surface area contributed by atoms with Crippen LogP contribution in [0, 0.1) is 0 Å². The highest BCUT2D eigenvalue weighted by atomic mass is 16.3. The Labute approximate surface area is 80.7 Å². The number of hydrogen-bond acceptors (Lipinski definition) is 2. The van der Waals surface area contributed by atoms with Crippen LogP contribution >= 0.6 is 0 Å². The Morgan fingerprint density at radius 2 is 1.93 bits per heavy atom. The lowest BCUT2D eigenvalue weighted by atomic mass is 10.1. The predicted molar refractivity (Wildman–Crippen MR) is 54.2 cm³/mol. The molecule has 0 fully saturated rings. The first-order valence-electron chi connectivity index (χ1n) is 4.24. The number of phenols is 1. The summed E-state index contributed by atoms with van der Waals surface area (Å²) < 4.78 is 0. The van der Waals surface area contributed by atoms with Gasteiger partial charge in [-0.15, -0.1) is 0 Å². The summed E-state index contributed by atoms with van der Waals surface area (Å²) in [4.78, 5) is 13.4. The van der Waals surface area contributed by atoms with E-state index >= 15 is 0 Å². The molecule has 0 aliphatic heterocycles. The average Bonchev–Trinajstić information content (AvgIpc) is 2.19. The topological polar surface area (TPSA) is 53.1 Å². The lowest BCUT2D eigenvalue weighted by molar-refractivity contribution is 0.475. The number of aromatic amines is 1. The van der Waals surface area contributed by atoms with Crippen molar-refractivity contribution in [2.24, 2.45) is 0 Å². The van der Waals surface area contributed by atoms with Gasteiger partial charge in [-0.05, 0) is 29.3 Å². The van der Waals surface area contributed by atoms with Gasteiger partial charge in [-0.3, -0.25) is 4.79 Å². The molecule has 1 aromatic carbocycles. The molecule has 0 amide bonds. The molecule has 3 heteroatoms. The third kappa shape index (κ3) is 1.66. The number of H-pyrrole nitrogens is 1. The fourth-order valence-corrected chi connectivity index (χ4v) is 1.28. The SMILES string of the molecule is O=c1ccc(-c2cccc(O)c2)c[nH]1. The van der Waals surface area contributed by atoms with Crippen molar-refractivity contribution in [2.45, 2.75) is 0 Å². The van der Waals surface area contributed by atoms with E-state index in [0.29, 0.717) is 0 Å². The van der Waals surface area contributed by atoms with Crippen molar-refractivity contribution in [1.29, 1.82) is 0 Å². The zero-order valence-corrected chi connectivity index (χ0v) is 7.40. The van der Waals surface area contributed by atoms with E-state index in [2.05, 4.69) is 4.98 Å². The molecule has 2 rings (SSSR count). The van der Waals surface area contributed by atoms with Gasteiger partial charge in [0.15, 0.2) is 0 Å². The molecule has 1 aromatic heterocycles. The molecule has 70 valence electrons. The number of hydrogen-bond donors (Lipinski definition) is 2. The predicted octanol–water partition coefficient (Wildman–Crippen LogP) is 1.75. The Balaban J connectivity index is 2.49. The van der Waals surface area contributed by atoms with Crippen LogP contribution in [0.15, 0.2) is 47.4 Å². The zero-order chi connectivity index (χ0) is 9.97. The van der Waals surface area contributed by atoms with Crippen LogP contribution in [0.3, 0.4) is 0 Å². The third-order valence-corrected chi connectivity index (χ3v) is 1.96. The Morgan fingerprint density at radius 3 is 2.57 bits per heavy atom. The molecule has 3 nitrogen and oxygen atoms in total. The van der Waals surface area contributed by atoms with Crippen LogP contribution in [0.1, 0.15) is 0 Å². The van der Waals surface area contributed by atoms with E-state index in [1.54, 1.807) is 30.5 Å². The molecular weight excluding hydrogens is 178 g/mol. The lowest BCUT2D eigenvalue weighted by Crippen LogP contribution is -2.01. The van der Waals surface area contributed by atoms with Crippen LogP contribution in [0.4, 0.5) is 0 Å². The molecular formula is C11H9NO2. The Bertz CT molecular complexity index is 482. The molecule has 1 heterocycles. The summed E-state index contributed by atoms with van der Waals surface area (Å²) >= 11 is 0. The molecule has 0 saturated carbocycles. The van der Waals surface area contributed by atoms with Gasteiger partial charge in [0.25, 0.3) is 0 Å². The van der Waals surface area contributed by atoms with Crippen molar-refractivity contribution in [1.82, 2.24) is 4.98 Å². The second-order valence-electron chi connectivity index (χ2n) is 2.99. The maximum Gasteiger partial charge on any atom is 0.247 e. The minimum Gasteiger partial charge on any atom is -0.508 e. The summed E-state index contributed by atoms with van der Waals surface area (Å²) in [6.07, 6.45) is 1.62. The van der Waals surface area contributed by atoms with Crippen LogP contribution in [-0.2, 0) is 0 Å². The first kappa shape index (κ1) is 8.56. The summed E-state index contributed by atoms with van der Waals surface area (Å²) in [5.41, 5.74) is 1.62. The van der Waals surface area contributed by atoms with Crippen LogP contribution < -0.4 is 5.56 Å². The Morgan fingerprint density at radius 1 is 1.07 bits per heavy atom. The summed E-state index contributed by atoms with van der Waals surface area (Å²) in [6.45, 7) is 0. The van der Waals surface area contributed by atoms with Gasteiger partial charge in [0.05, 0.1) is 0 Å². The molecule has 0 aliphatic rings. The minimum absolute atomic E-state index is 0.131. The van der Waals surface area contributed by atoms with E-state index in [4.69, 9.17) is 0 Å². The number of nitrogens with one attached hydrogen (secondary N) is 1. The fraction of sp³-hybridized carbons (Fsp3) is 0. The first-order valence-corrected chi connectivity index (χ1v) is 4.24. The van der Waals surface area contributed by atoms with Crippen LogP contribution in [0.5, 0.6) is 5.75 Å². The smallest absolute Gasteiger partial charge is 0.247 e. The molecule has 14 heavy (non-hydrogen) atoms. The summed E-state index contributed by atoms with van der Waals surface area (Å²) in [7, 11) is 0. The highest BCUT2D eigenvalue weighted by Crippen LogP contribution is 2.21. The maximum absolute atomic E-state index is 10.8. The van der Waals surface area contributed by atoms with Crippen LogP contribution in [0.25, 0.3) is 11.1 Å². The van der Waals surface area contributed by atoms with Crippen molar-refractivity contribution in [3.8, 4) is 16.9 Å². The molecule has 0 saturated heterocycles. The second-order valence-corrected chi connectivity index (χ2v) is 2.99. The second kappa shape index (κ2) is 3.38. The van der Waals surface area contributed by atoms with Crippen molar-refractivity contribution < 1.29 is 5.11 Å². The van der Waals surface area contributed by atoms with Gasteiger partial charge in [0.2, 0.25) is 5.56 Å².